The summed E-state index contributed by atoms with van der Waals surface area (Å²) in [7, 11) is 4.00. The van der Waals surface area contributed by atoms with E-state index in [9.17, 15) is 0 Å². The summed E-state index contributed by atoms with van der Waals surface area (Å²) in [5, 5.41) is 15.4. The van der Waals surface area contributed by atoms with E-state index in [0.717, 1.165) is 54.6 Å². The molecular weight excluding hydrogens is 480 g/mol. The van der Waals surface area contributed by atoms with Gasteiger partial charge in [0.05, 0.1) is 26.9 Å². The largest absolute Gasteiger partial charge is 0.384 e. The Kier molecular flexibility index (Phi) is 5.16. The number of aromatic nitrogens is 4. The maximum atomic E-state index is 7.70. The Balaban J connectivity index is 1.32. The van der Waals surface area contributed by atoms with E-state index in [1.165, 1.54) is 0 Å². The number of nitrogen functional groups attached to an aromatic ring is 2. The van der Waals surface area contributed by atoms with Gasteiger partial charge in [0.15, 0.2) is 5.82 Å². The van der Waals surface area contributed by atoms with Crippen LogP contribution in [0.15, 0.2) is 72.8 Å². The first kappa shape index (κ1) is 22.7. The van der Waals surface area contributed by atoms with Gasteiger partial charge in [0.1, 0.15) is 17.5 Å². The number of aryl methyl sites for hydroxylation is 2. The summed E-state index contributed by atoms with van der Waals surface area (Å²) in [6.45, 7) is 0. The molecule has 0 amide bonds. The minimum absolute atomic E-state index is 0.0354. The molecule has 3 heterocycles. The summed E-state index contributed by atoms with van der Waals surface area (Å²) in [5.74, 6) is 1.82. The molecule has 9 heteroatoms. The van der Waals surface area contributed by atoms with E-state index < -0.39 is 0 Å². The Hall–Kier alpha value is -4.76. The van der Waals surface area contributed by atoms with Crippen LogP contribution in [0.3, 0.4) is 0 Å². The average molecular weight is 505 g/mol. The van der Waals surface area contributed by atoms with Crippen molar-refractivity contribution < 1.29 is 0 Å². The van der Waals surface area contributed by atoms with E-state index >= 15 is 0 Å². The smallest absolute Gasteiger partial charge is 0.150 e. The molecule has 8 nitrogen and oxygen atoms in total. The van der Waals surface area contributed by atoms with E-state index in [4.69, 9.17) is 32.3 Å². The molecule has 0 atom stereocenters. The number of nitrogens with zero attached hydrogens (tertiary/aromatic N) is 4. The van der Waals surface area contributed by atoms with Gasteiger partial charge in [-0.1, -0.05) is 24.3 Å². The number of thiophene rings is 1. The average Bonchev–Trinajstić information content (AvgIpc) is 3.60. The third-order valence-corrected chi connectivity index (χ3v) is 7.77. The van der Waals surface area contributed by atoms with Crippen molar-refractivity contribution >= 4 is 45.1 Å². The highest BCUT2D eigenvalue weighted by molar-refractivity contribution is 7.18. The van der Waals surface area contributed by atoms with Gasteiger partial charge in [0.2, 0.25) is 0 Å². The van der Waals surface area contributed by atoms with Crippen LogP contribution in [0, 0.1) is 10.8 Å². The molecule has 0 aliphatic heterocycles. The fourth-order valence-corrected chi connectivity index (χ4v) is 5.65. The summed E-state index contributed by atoms with van der Waals surface area (Å²) in [4.78, 5) is 11.8. The molecule has 6 rings (SSSR count). The SMILES string of the molecule is Cn1c(-c2ccc(-c3ccc(-c4nc5cc(C(=N)N)ccc5n4C)s3)cc2)nc2cc(C(=N)N)ccc21. The van der Waals surface area contributed by atoms with Crippen molar-refractivity contribution in [1.29, 1.82) is 10.8 Å². The van der Waals surface area contributed by atoms with E-state index in [1.807, 2.05) is 50.5 Å². The molecular formula is C28H24N8S. The van der Waals surface area contributed by atoms with Gasteiger partial charge >= 0.3 is 0 Å². The summed E-state index contributed by atoms with van der Waals surface area (Å²) < 4.78 is 4.13. The van der Waals surface area contributed by atoms with Crippen molar-refractivity contribution in [2.24, 2.45) is 25.6 Å². The Morgan fingerprint density at radius 1 is 0.649 bits per heavy atom. The minimum Gasteiger partial charge on any atom is -0.384 e. The quantitative estimate of drug-likeness (QED) is 0.192. The van der Waals surface area contributed by atoms with Gasteiger partial charge < -0.3 is 20.6 Å². The summed E-state index contributed by atoms with van der Waals surface area (Å²) in [5.41, 5.74) is 18.4. The van der Waals surface area contributed by atoms with Crippen LogP contribution in [0.4, 0.5) is 0 Å². The van der Waals surface area contributed by atoms with E-state index in [2.05, 4.69) is 45.5 Å². The van der Waals surface area contributed by atoms with Crippen molar-refractivity contribution in [2.75, 3.05) is 0 Å². The van der Waals surface area contributed by atoms with Crippen LogP contribution >= 0.6 is 11.3 Å². The standard InChI is InChI=1S/C28H24N8S/c1-35-21-9-7-17(25(29)30)13-19(21)33-27(35)16-5-3-15(4-6-16)23-11-12-24(37-23)28-34-20-14-18(26(31)32)8-10-22(20)36(28)2/h3-14H,1-2H3,(H3,29,30)(H3,31,32). The molecule has 3 aromatic carbocycles. The van der Waals surface area contributed by atoms with Gasteiger partial charge in [-0.15, -0.1) is 11.3 Å². The molecule has 182 valence electrons. The number of hydrogen-bond acceptors (Lipinski definition) is 5. The molecule has 37 heavy (non-hydrogen) atoms. The maximum absolute atomic E-state index is 7.70. The summed E-state index contributed by atoms with van der Waals surface area (Å²) >= 11 is 1.69. The molecule has 0 spiro atoms. The van der Waals surface area contributed by atoms with Crippen LogP contribution in [0.1, 0.15) is 11.1 Å². The van der Waals surface area contributed by atoms with Gasteiger partial charge in [0.25, 0.3) is 0 Å². The first-order chi connectivity index (χ1) is 17.8. The molecule has 0 radical (unpaired) electrons. The van der Waals surface area contributed by atoms with E-state index in [-0.39, 0.29) is 11.7 Å². The second kappa shape index (κ2) is 8.42. The second-order valence-electron chi connectivity index (χ2n) is 8.96. The van der Waals surface area contributed by atoms with Crippen molar-refractivity contribution in [3.8, 4) is 32.5 Å². The molecule has 6 aromatic rings. The van der Waals surface area contributed by atoms with Gasteiger partial charge in [-0.3, -0.25) is 10.8 Å². The Labute approximate surface area is 216 Å². The van der Waals surface area contributed by atoms with Crippen LogP contribution in [-0.2, 0) is 14.1 Å². The molecule has 0 unspecified atom stereocenters. The Bertz CT molecular complexity index is 1850. The zero-order chi connectivity index (χ0) is 25.8. The highest BCUT2D eigenvalue weighted by Crippen LogP contribution is 2.36. The van der Waals surface area contributed by atoms with Gasteiger partial charge in [-0.2, -0.15) is 0 Å². The number of hydrogen-bond donors (Lipinski definition) is 4. The predicted octanol–water partition coefficient (Wildman–Crippen LogP) is 5.09. The number of rotatable bonds is 5. The van der Waals surface area contributed by atoms with Crippen molar-refractivity contribution in [3.05, 3.63) is 83.9 Å². The van der Waals surface area contributed by atoms with Crippen LogP contribution in [0.5, 0.6) is 0 Å². The van der Waals surface area contributed by atoms with Crippen LogP contribution in [0.25, 0.3) is 54.6 Å². The Morgan fingerprint density at radius 3 is 1.70 bits per heavy atom. The van der Waals surface area contributed by atoms with Crippen LogP contribution in [0.2, 0.25) is 0 Å². The fourth-order valence-electron chi connectivity index (χ4n) is 4.61. The minimum atomic E-state index is 0.0354. The number of nitrogens with two attached hydrogens (primary N) is 2. The number of imidazole rings is 2. The molecule has 0 saturated carbocycles. The third kappa shape index (κ3) is 3.76. The topological polar surface area (TPSA) is 135 Å². The van der Waals surface area contributed by atoms with E-state index in [1.54, 1.807) is 11.3 Å². The number of fused-ring (bicyclic) bond motifs is 2. The van der Waals surface area contributed by atoms with Crippen LogP contribution < -0.4 is 11.5 Å². The number of amidine groups is 2. The zero-order valence-corrected chi connectivity index (χ0v) is 21.1. The molecule has 0 fully saturated rings. The maximum Gasteiger partial charge on any atom is 0.150 e. The van der Waals surface area contributed by atoms with Crippen molar-refractivity contribution in [3.63, 3.8) is 0 Å². The molecule has 0 bridgehead atoms. The lowest BCUT2D eigenvalue weighted by molar-refractivity contribution is 0.959. The van der Waals surface area contributed by atoms with E-state index in [0.29, 0.717) is 11.1 Å². The second-order valence-corrected chi connectivity index (χ2v) is 10.0. The van der Waals surface area contributed by atoms with Crippen LogP contribution in [-0.4, -0.2) is 30.8 Å². The zero-order valence-electron chi connectivity index (χ0n) is 20.3. The predicted molar refractivity (Wildman–Crippen MR) is 151 cm³/mol. The number of nitrogens with one attached hydrogen (secondary N) is 2. The van der Waals surface area contributed by atoms with Gasteiger partial charge in [-0.05, 0) is 54.1 Å². The molecule has 0 aliphatic carbocycles. The first-order valence-electron chi connectivity index (χ1n) is 11.6. The lowest BCUT2D eigenvalue weighted by atomic mass is 10.1. The Morgan fingerprint density at radius 2 is 1.14 bits per heavy atom. The fraction of sp³-hybridized carbons (Fsp3) is 0.0714. The normalized spacial score (nSPS) is 11.4. The van der Waals surface area contributed by atoms with Gasteiger partial charge in [0, 0.05) is 35.7 Å². The van der Waals surface area contributed by atoms with Crippen molar-refractivity contribution in [2.45, 2.75) is 0 Å². The first-order valence-corrected chi connectivity index (χ1v) is 12.4. The third-order valence-electron chi connectivity index (χ3n) is 6.64. The van der Waals surface area contributed by atoms with Crippen molar-refractivity contribution in [1.82, 2.24) is 19.1 Å². The molecule has 0 aliphatic rings. The lowest BCUT2D eigenvalue weighted by Gasteiger charge is -2.04. The highest BCUT2D eigenvalue weighted by atomic mass is 32.1. The highest BCUT2D eigenvalue weighted by Gasteiger charge is 2.15. The summed E-state index contributed by atoms with van der Waals surface area (Å²) in [6.07, 6.45) is 0. The number of benzene rings is 3. The molecule has 6 N–H and O–H groups in total. The monoisotopic (exact) mass is 504 g/mol. The van der Waals surface area contributed by atoms with Gasteiger partial charge in [-0.25, -0.2) is 9.97 Å². The summed E-state index contributed by atoms with van der Waals surface area (Å²) in [6, 6.07) is 23.9. The molecule has 3 aromatic heterocycles. The molecule has 0 saturated heterocycles. The lowest BCUT2D eigenvalue weighted by Crippen LogP contribution is -2.10.